The number of carbonyl (C=O) groups is 1. The van der Waals surface area contributed by atoms with Crippen LogP contribution < -0.4 is 5.32 Å². The van der Waals surface area contributed by atoms with Crippen molar-refractivity contribution in [3.05, 3.63) is 12.4 Å². The normalized spacial score (nSPS) is 12.4. The second-order valence-corrected chi connectivity index (χ2v) is 4.65. The maximum absolute atomic E-state index is 11.6. The van der Waals surface area contributed by atoms with Gasteiger partial charge in [0.25, 0.3) is 0 Å². The van der Waals surface area contributed by atoms with E-state index in [2.05, 4.69) is 10.3 Å². The monoisotopic (exact) mass is 257 g/mol. The third-order valence-electron chi connectivity index (χ3n) is 2.17. The first-order valence-electron chi connectivity index (χ1n) is 5.59. The average Bonchev–Trinajstić information content (AvgIpc) is 2.73. The van der Waals surface area contributed by atoms with E-state index in [0.29, 0.717) is 12.4 Å². The Morgan fingerprint density at radius 2 is 2.47 bits per heavy atom. The highest BCUT2D eigenvalue weighted by Gasteiger charge is 2.09. The molecule has 1 heterocycles. The van der Waals surface area contributed by atoms with E-state index in [4.69, 9.17) is 4.74 Å². The molecular formula is C11H19N3O2S. The van der Waals surface area contributed by atoms with Gasteiger partial charge in [0.05, 0.1) is 12.4 Å². The van der Waals surface area contributed by atoms with Crippen molar-refractivity contribution < 1.29 is 9.53 Å². The molecule has 0 fully saturated rings. The minimum Gasteiger partial charge on any atom is -0.383 e. The molecule has 0 radical (unpaired) electrons. The number of thioether (sulfide) groups is 1. The highest BCUT2D eigenvalue weighted by molar-refractivity contribution is 7.99. The maximum Gasteiger partial charge on any atom is 0.230 e. The van der Waals surface area contributed by atoms with Crippen molar-refractivity contribution in [2.75, 3.05) is 19.5 Å². The van der Waals surface area contributed by atoms with E-state index in [1.807, 2.05) is 24.6 Å². The third kappa shape index (κ3) is 4.79. The van der Waals surface area contributed by atoms with E-state index in [0.717, 1.165) is 11.7 Å². The Morgan fingerprint density at radius 1 is 1.71 bits per heavy atom. The maximum atomic E-state index is 11.6. The first kappa shape index (κ1) is 14.1. The number of aryl methyl sites for hydroxylation is 1. The average molecular weight is 257 g/mol. The summed E-state index contributed by atoms with van der Waals surface area (Å²) in [7, 11) is 1.62. The van der Waals surface area contributed by atoms with Crippen molar-refractivity contribution >= 4 is 17.7 Å². The van der Waals surface area contributed by atoms with Crippen molar-refractivity contribution in [3.63, 3.8) is 0 Å². The number of nitrogens with zero attached hydrogens (tertiary/aromatic N) is 2. The summed E-state index contributed by atoms with van der Waals surface area (Å²) in [5.74, 6) is 0.385. The van der Waals surface area contributed by atoms with Crippen LogP contribution in [-0.2, 0) is 16.1 Å². The number of hydrogen-bond donors (Lipinski definition) is 1. The van der Waals surface area contributed by atoms with Crippen LogP contribution in [0, 0.1) is 0 Å². The van der Waals surface area contributed by atoms with Crippen molar-refractivity contribution in [2.24, 2.45) is 0 Å². The van der Waals surface area contributed by atoms with Gasteiger partial charge in [-0.25, -0.2) is 4.98 Å². The molecule has 1 unspecified atom stereocenters. The van der Waals surface area contributed by atoms with E-state index in [9.17, 15) is 4.79 Å². The van der Waals surface area contributed by atoms with Gasteiger partial charge >= 0.3 is 0 Å². The molecule has 0 saturated carbocycles. The van der Waals surface area contributed by atoms with Crippen LogP contribution in [0.15, 0.2) is 17.6 Å². The number of aromatic nitrogens is 2. The van der Waals surface area contributed by atoms with Gasteiger partial charge in [0.2, 0.25) is 5.91 Å². The smallest absolute Gasteiger partial charge is 0.230 e. The Balaban J connectivity index is 2.33. The van der Waals surface area contributed by atoms with E-state index >= 15 is 0 Å². The van der Waals surface area contributed by atoms with Crippen LogP contribution >= 0.6 is 11.8 Å². The van der Waals surface area contributed by atoms with Crippen LogP contribution in [0.5, 0.6) is 0 Å². The van der Waals surface area contributed by atoms with Gasteiger partial charge in [0.1, 0.15) is 0 Å². The molecule has 1 aromatic heterocycles. The molecule has 0 aliphatic rings. The quantitative estimate of drug-likeness (QED) is 0.744. The molecule has 96 valence electrons. The predicted octanol–water partition coefficient (Wildman–Crippen LogP) is 1.15. The fraction of sp³-hybridized carbons (Fsp3) is 0.636. The molecular weight excluding hydrogens is 238 g/mol. The minimum atomic E-state index is 0.00482. The van der Waals surface area contributed by atoms with Gasteiger partial charge in [-0.15, -0.1) is 0 Å². The lowest BCUT2D eigenvalue weighted by molar-refractivity contribution is -0.119. The highest BCUT2D eigenvalue weighted by Crippen LogP contribution is 2.14. The van der Waals surface area contributed by atoms with E-state index < -0.39 is 0 Å². The van der Waals surface area contributed by atoms with Crippen molar-refractivity contribution in [1.29, 1.82) is 0 Å². The summed E-state index contributed by atoms with van der Waals surface area (Å²) in [6.45, 7) is 5.36. The van der Waals surface area contributed by atoms with Crippen LogP contribution in [0.2, 0.25) is 0 Å². The van der Waals surface area contributed by atoms with Gasteiger partial charge in [0.15, 0.2) is 5.16 Å². The number of rotatable bonds is 7. The largest absolute Gasteiger partial charge is 0.383 e. The van der Waals surface area contributed by atoms with Gasteiger partial charge in [-0.05, 0) is 13.8 Å². The van der Waals surface area contributed by atoms with Crippen LogP contribution in [0.3, 0.4) is 0 Å². The number of nitrogens with one attached hydrogen (secondary N) is 1. The molecule has 1 aromatic rings. The van der Waals surface area contributed by atoms with Gasteiger partial charge < -0.3 is 14.6 Å². The van der Waals surface area contributed by atoms with Crippen LogP contribution in [0.25, 0.3) is 0 Å². The molecule has 0 aliphatic carbocycles. The Kier molecular flexibility index (Phi) is 6.07. The van der Waals surface area contributed by atoms with Crippen molar-refractivity contribution in [2.45, 2.75) is 31.6 Å². The first-order chi connectivity index (χ1) is 8.17. The summed E-state index contributed by atoms with van der Waals surface area (Å²) in [5.41, 5.74) is 0. The highest BCUT2D eigenvalue weighted by atomic mass is 32.2. The fourth-order valence-corrected chi connectivity index (χ4v) is 2.25. The molecule has 6 heteroatoms. The third-order valence-corrected chi connectivity index (χ3v) is 3.18. The van der Waals surface area contributed by atoms with Crippen LogP contribution in [0.4, 0.5) is 0 Å². The Hall–Kier alpha value is -1.01. The number of ether oxygens (including phenoxy) is 1. The summed E-state index contributed by atoms with van der Waals surface area (Å²) in [6.07, 6.45) is 3.66. The van der Waals surface area contributed by atoms with Crippen molar-refractivity contribution in [3.8, 4) is 0 Å². The fourth-order valence-electron chi connectivity index (χ4n) is 1.41. The van der Waals surface area contributed by atoms with E-state index in [-0.39, 0.29) is 11.9 Å². The molecule has 1 amide bonds. The molecule has 17 heavy (non-hydrogen) atoms. The first-order valence-corrected chi connectivity index (χ1v) is 6.58. The van der Waals surface area contributed by atoms with Gasteiger partial charge in [0, 0.05) is 32.1 Å². The van der Waals surface area contributed by atoms with E-state index in [1.165, 1.54) is 11.8 Å². The number of methoxy groups -OCH3 is 1. The van der Waals surface area contributed by atoms with Crippen LogP contribution in [0.1, 0.15) is 13.8 Å². The number of amides is 1. The summed E-state index contributed by atoms with van der Waals surface area (Å²) in [5, 5.41) is 3.74. The molecule has 0 aromatic carbocycles. The lowest BCUT2D eigenvalue weighted by atomic mass is 10.3. The standard InChI is InChI=1S/C11H19N3O2S/c1-4-14-6-5-12-11(14)17-8-10(15)13-9(2)7-16-3/h5-6,9H,4,7-8H2,1-3H3,(H,13,15). The van der Waals surface area contributed by atoms with Gasteiger partial charge in [-0.1, -0.05) is 11.8 Å². The molecule has 5 nitrogen and oxygen atoms in total. The molecule has 0 aliphatic heterocycles. The Bertz CT molecular complexity index is 354. The summed E-state index contributed by atoms with van der Waals surface area (Å²) >= 11 is 1.45. The minimum absolute atomic E-state index is 0.00482. The molecule has 0 spiro atoms. The SMILES string of the molecule is CCn1ccnc1SCC(=O)NC(C)COC. The predicted molar refractivity (Wildman–Crippen MR) is 68.1 cm³/mol. The lowest BCUT2D eigenvalue weighted by Crippen LogP contribution is -2.36. The second-order valence-electron chi connectivity index (χ2n) is 3.71. The molecule has 1 rings (SSSR count). The number of hydrogen-bond acceptors (Lipinski definition) is 4. The van der Waals surface area contributed by atoms with Crippen LogP contribution in [-0.4, -0.2) is 41.0 Å². The number of carbonyl (C=O) groups excluding carboxylic acids is 1. The number of imidazole rings is 1. The van der Waals surface area contributed by atoms with Gasteiger partial charge in [-0.2, -0.15) is 0 Å². The zero-order valence-electron chi connectivity index (χ0n) is 10.5. The lowest BCUT2D eigenvalue weighted by Gasteiger charge is -2.12. The molecule has 1 atom stereocenters. The Morgan fingerprint density at radius 3 is 3.12 bits per heavy atom. The summed E-state index contributed by atoms with van der Waals surface area (Å²) in [6, 6.07) is 0.0408. The Labute approximate surface area is 106 Å². The molecule has 0 saturated heterocycles. The zero-order valence-corrected chi connectivity index (χ0v) is 11.3. The van der Waals surface area contributed by atoms with E-state index in [1.54, 1.807) is 13.3 Å². The van der Waals surface area contributed by atoms with Gasteiger partial charge in [-0.3, -0.25) is 4.79 Å². The summed E-state index contributed by atoms with van der Waals surface area (Å²) in [4.78, 5) is 15.8. The summed E-state index contributed by atoms with van der Waals surface area (Å²) < 4.78 is 6.96. The topological polar surface area (TPSA) is 56.2 Å². The zero-order chi connectivity index (χ0) is 12.7. The molecule has 1 N–H and O–H groups in total. The van der Waals surface area contributed by atoms with Crippen molar-refractivity contribution in [1.82, 2.24) is 14.9 Å². The second kappa shape index (κ2) is 7.34. The molecule has 0 bridgehead atoms.